The van der Waals surface area contributed by atoms with E-state index in [4.69, 9.17) is 11.1 Å². The van der Waals surface area contributed by atoms with Gasteiger partial charge in [-0.05, 0) is 56.4 Å². The molecule has 0 spiro atoms. The van der Waals surface area contributed by atoms with Crippen LogP contribution in [0.15, 0.2) is 40.9 Å². The topological polar surface area (TPSA) is 140 Å². The zero-order valence-corrected chi connectivity index (χ0v) is 22.5. The van der Waals surface area contributed by atoms with E-state index in [-0.39, 0.29) is 17.9 Å². The molecule has 1 atom stereocenters. The molecule has 3 amide bonds. The van der Waals surface area contributed by atoms with Crippen molar-refractivity contribution in [3.8, 4) is 0 Å². The fourth-order valence-electron chi connectivity index (χ4n) is 4.94. The Morgan fingerprint density at radius 3 is 2.62 bits per heavy atom. The summed E-state index contributed by atoms with van der Waals surface area (Å²) in [6, 6.07) is 10.9. The summed E-state index contributed by atoms with van der Waals surface area (Å²) in [6.45, 7) is 4.79. The third-order valence-electron chi connectivity index (χ3n) is 7.10. The van der Waals surface area contributed by atoms with Crippen LogP contribution in [0.3, 0.4) is 0 Å². The van der Waals surface area contributed by atoms with Crippen LogP contribution >= 0.6 is 15.9 Å². The average Bonchev–Trinajstić information content (AvgIpc) is 2.87. The minimum Gasteiger partial charge on any atom is -0.384 e. The van der Waals surface area contributed by atoms with E-state index in [1.807, 2.05) is 12.1 Å². The van der Waals surface area contributed by atoms with Crippen LogP contribution in [0.2, 0.25) is 0 Å². The van der Waals surface area contributed by atoms with E-state index < -0.39 is 5.91 Å². The molecule has 0 saturated carbocycles. The summed E-state index contributed by atoms with van der Waals surface area (Å²) in [7, 11) is 0. The number of amides is 3. The number of benzene rings is 2. The van der Waals surface area contributed by atoms with Crippen LogP contribution in [0.4, 0.5) is 11.4 Å². The Hall–Kier alpha value is -3.24. The van der Waals surface area contributed by atoms with E-state index in [9.17, 15) is 14.4 Å². The van der Waals surface area contributed by atoms with Crippen molar-refractivity contribution in [3.63, 3.8) is 0 Å². The number of imide groups is 1. The van der Waals surface area contributed by atoms with Crippen molar-refractivity contribution >= 4 is 50.7 Å². The fraction of sp³-hybridized carbons (Fsp3) is 0.407. The van der Waals surface area contributed by atoms with Crippen LogP contribution in [0.1, 0.15) is 54.1 Å². The lowest BCUT2D eigenvalue weighted by atomic mass is 9.95. The molecular weight excluding hydrogens is 536 g/mol. The monoisotopic (exact) mass is 568 g/mol. The van der Waals surface area contributed by atoms with E-state index in [1.165, 1.54) is 0 Å². The number of carbonyl (C=O) groups excluding carboxylic acids is 3. The van der Waals surface area contributed by atoms with Gasteiger partial charge in [-0.2, -0.15) is 0 Å². The highest BCUT2D eigenvalue weighted by atomic mass is 79.9. The van der Waals surface area contributed by atoms with Gasteiger partial charge in [0.25, 0.3) is 0 Å². The summed E-state index contributed by atoms with van der Waals surface area (Å²) < 4.78 is 0.984. The first-order chi connectivity index (χ1) is 17.7. The van der Waals surface area contributed by atoms with Crippen LogP contribution in [0.5, 0.6) is 0 Å². The Balaban J connectivity index is 1.37. The van der Waals surface area contributed by atoms with Crippen LogP contribution in [-0.2, 0) is 16.1 Å². The number of primary amides is 1. The molecule has 2 aliphatic heterocycles. The van der Waals surface area contributed by atoms with Crippen molar-refractivity contribution in [2.24, 2.45) is 11.7 Å². The summed E-state index contributed by atoms with van der Waals surface area (Å²) >= 11 is 3.68. The molecule has 2 fully saturated rings. The number of piperidine rings is 2. The molecule has 196 valence electrons. The minimum absolute atomic E-state index is 0.216. The van der Waals surface area contributed by atoms with E-state index in [0.717, 1.165) is 59.5 Å². The van der Waals surface area contributed by atoms with Gasteiger partial charge in [0.2, 0.25) is 17.7 Å². The third kappa shape index (κ3) is 6.56. The smallest absolute Gasteiger partial charge is 0.248 e. The van der Waals surface area contributed by atoms with Gasteiger partial charge in [-0.25, -0.2) is 0 Å². The molecule has 0 aromatic heterocycles. The summed E-state index contributed by atoms with van der Waals surface area (Å²) in [5.41, 5.74) is 10.1. The molecule has 9 nitrogen and oxygen atoms in total. The number of halogens is 1. The Kier molecular flexibility index (Phi) is 8.60. The first-order valence-electron chi connectivity index (χ1n) is 12.6. The van der Waals surface area contributed by atoms with Crippen LogP contribution in [-0.4, -0.2) is 49.1 Å². The average molecular weight is 570 g/mol. The van der Waals surface area contributed by atoms with Gasteiger partial charge in [0.15, 0.2) is 0 Å². The second kappa shape index (κ2) is 11.9. The molecule has 2 aromatic rings. The number of rotatable bonds is 9. The molecule has 6 N–H and O–H groups in total. The standard InChI is InChI=1S/C27H33BrN6O3/c1-16(29)19-6-5-18(26(30)36)13-23(19)31-14-17-9-11-34(12-10-17)24-4-2-3-21(28)20(24)15-32-22-7-8-25(35)33-27(22)37/h2-6,13,17,22,29,31-32H,7-12,14-15H2,1H3,(H2,30,36)(H,33,35,37). The Labute approximate surface area is 225 Å². The molecule has 0 aliphatic carbocycles. The second-order valence-corrected chi connectivity index (χ2v) is 10.5. The molecule has 0 radical (unpaired) electrons. The second-order valence-electron chi connectivity index (χ2n) is 9.68. The lowest BCUT2D eigenvalue weighted by Crippen LogP contribution is -2.50. The Bertz CT molecular complexity index is 1210. The molecule has 1 unspecified atom stereocenters. The van der Waals surface area contributed by atoms with Crippen molar-refractivity contribution < 1.29 is 14.4 Å². The van der Waals surface area contributed by atoms with Gasteiger partial charge in [-0.1, -0.05) is 28.1 Å². The lowest BCUT2D eigenvalue weighted by Gasteiger charge is -2.35. The SMILES string of the molecule is CC(=N)c1ccc(C(N)=O)cc1NCC1CCN(c2cccc(Br)c2CNC2CCC(=O)NC2=O)CC1. The molecule has 37 heavy (non-hydrogen) atoms. The van der Waals surface area contributed by atoms with E-state index in [0.29, 0.717) is 36.6 Å². The maximum absolute atomic E-state index is 12.2. The Morgan fingerprint density at radius 2 is 1.95 bits per heavy atom. The van der Waals surface area contributed by atoms with Gasteiger partial charge in [-0.3, -0.25) is 19.7 Å². The number of anilines is 2. The van der Waals surface area contributed by atoms with Gasteiger partial charge in [0.1, 0.15) is 0 Å². The predicted molar refractivity (Wildman–Crippen MR) is 148 cm³/mol. The number of hydrogen-bond donors (Lipinski definition) is 5. The number of nitrogens with zero attached hydrogens (tertiary/aromatic N) is 1. The number of nitrogens with one attached hydrogen (secondary N) is 4. The number of hydrogen-bond acceptors (Lipinski definition) is 7. The number of nitrogens with two attached hydrogens (primary N) is 1. The number of carbonyl (C=O) groups is 3. The minimum atomic E-state index is -0.484. The van der Waals surface area contributed by atoms with Crippen LogP contribution in [0, 0.1) is 11.3 Å². The highest BCUT2D eigenvalue weighted by Gasteiger charge is 2.27. The van der Waals surface area contributed by atoms with Gasteiger partial charge < -0.3 is 26.7 Å². The van der Waals surface area contributed by atoms with Crippen LogP contribution in [0.25, 0.3) is 0 Å². The van der Waals surface area contributed by atoms with Crippen molar-refractivity contribution in [2.45, 2.75) is 45.2 Å². The van der Waals surface area contributed by atoms with E-state index >= 15 is 0 Å². The quantitative estimate of drug-likeness (QED) is 0.232. The summed E-state index contributed by atoms with van der Waals surface area (Å²) in [6.07, 6.45) is 2.84. The van der Waals surface area contributed by atoms with E-state index in [1.54, 1.807) is 25.1 Å². The molecule has 4 rings (SSSR count). The summed E-state index contributed by atoms with van der Waals surface area (Å²) in [4.78, 5) is 37.6. The third-order valence-corrected chi connectivity index (χ3v) is 7.85. The molecule has 2 aromatic carbocycles. The van der Waals surface area contributed by atoms with Crippen molar-refractivity contribution in [2.75, 3.05) is 29.9 Å². The molecule has 10 heteroatoms. The highest BCUT2D eigenvalue weighted by Crippen LogP contribution is 2.31. The normalized spacial score (nSPS) is 18.4. The molecular formula is C27H33BrN6O3. The van der Waals surface area contributed by atoms with Crippen molar-refractivity contribution in [1.82, 2.24) is 10.6 Å². The van der Waals surface area contributed by atoms with Crippen molar-refractivity contribution in [1.29, 1.82) is 5.41 Å². The maximum atomic E-state index is 12.2. The zero-order chi connectivity index (χ0) is 26.5. The summed E-state index contributed by atoms with van der Waals surface area (Å²) in [5, 5.41) is 17.2. The summed E-state index contributed by atoms with van der Waals surface area (Å²) in [5.74, 6) is -0.514. The van der Waals surface area contributed by atoms with Crippen molar-refractivity contribution in [3.05, 3.63) is 57.6 Å². The highest BCUT2D eigenvalue weighted by molar-refractivity contribution is 9.10. The lowest BCUT2D eigenvalue weighted by molar-refractivity contribution is -0.134. The first kappa shape index (κ1) is 26.8. The molecule has 2 heterocycles. The van der Waals surface area contributed by atoms with E-state index in [2.05, 4.69) is 42.8 Å². The van der Waals surface area contributed by atoms with Gasteiger partial charge >= 0.3 is 0 Å². The van der Waals surface area contributed by atoms with Gasteiger partial charge in [0, 0.05) is 70.8 Å². The maximum Gasteiger partial charge on any atom is 0.248 e. The zero-order valence-electron chi connectivity index (χ0n) is 20.9. The van der Waals surface area contributed by atoms with Gasteiger partial charge in [0.05, 0.1) is 6.04 Å². The predicted octanol–water partition coefficient (Wildman–Crippen LogP) is 3.16. The fourth-order valence-corrected chi connectivity index (χ4v) is 5.43. The van der Waals surface area contributed by atoms with Gasteiger partial charge in [-0.15, -0.1) is 0 Å². The largest absolute Gasteiger partial charge is 0.384 e. The first-order valence-corrected chi connectivity index (χ1v) is 13.3. The van der Waals surface area contributed by atoms with Crippen LogP contribution < -0.4 is 26.6 Å². The molecule has 2 aliphatic rings. The molecule has 0 bridgehead atoms. The Morgan fingerprint density at radius 1 is 1.19 bits per heavy atom. The molecule has 2 saturated heterocycles.